The Labute approximate surface area is 128 Å². The third kappa shape index (κ3) is 2.01. The Morgan fingerprint density at radius 3 is 2.90 bits per heavy atom. The molecule has 112 valence electrons. The molecule has 1 atom stereocenters. The van der Waals surface area contributed by atoms with Crippen LogP contribution in [0.3, 0.4) is 0 Å². The Hall–Kier alpha value is -1.07. The molecule has 1 saturated carbocycles. The fourth-order valence-corrected chi connectivity index (χ4v) is 5.06. The van der Waals surface area contributed by atoms with Gasteiger partial charge in [0.1, 0.15) is 5.82 Å². The third-order valence-corrected chi connectivity index (χ3v) is 6.05. The minimum atomic E-state index is -0.140. The lowest BCUT2D eigenvalue weighted by Gasteiger charge is -2.26. The monoisotopic (exact) mass is 306 g/mol. The van der Waals surface area contributed by atoms with Gasteiger partial charge < -0.3 is 4.90 Å². The van der Waals surface area contributed by atoms with E-state index < -0.39 is 0 Å². The molecule has 1 spiro atoms. The normalized spacial score (nSPS) is 26.5. The van der Waals surface area contributed by atoms with E-state index in [1.54, 1.807) is 17.8 Å². The largest absolute Gasteiger partial charge is 0.310 e. The van der Waals surface area contributed by atoms with Crippen molar-refractivity contribution in [2.45, 2.75) is 37.1 Å². The number of thioether (sulfide) groups is 1. The van der Waals surface area contributed by atoms with Crippen LogP contribution in [0, 0.1) is 5.82 Å². The molecule has 2 heterocycles. The minimum absolute atomic E-state index is 0.107. The molecule has 3 aliphatic rings. The van der Waals surface area contributed by atoms with Crippen LogP contribution in [0.4, 0.5) is 10.1 Å². The van der Waals surface area contributed by atoms with E-state index in [0.717, 1.165) is 48.6 Å². The molecular formula is C16H19FN2OS. The van der Waals surface area contributed by atoms with E-state index in [1.165, 1.54) is 6.07 Å². The SMILES string of the molecule is O=C(C1CSCN1)N1CC2(CCCC2)c2c(F)cccc21. The molecule has 5 heteroatoms. The Kier molecular flexibility index (Phi) is 3.23. The topological polar surface area (TPSA) is 32.3 Å². The lowest BCUT2D eigenvalue weighted by molar-refractivity contribution is -0.119. The first-order valence-electron chi connectivity index (χ1n) is 7.63. The van der Waals surface area contributed by atoms with Crippen LogP contribution in [0.5, 0.6) is 0 Å². The Morgan fingerprint density at radius 2 is 2.19 bits per heavy atom. The minimum Gasteiger partial charge on any atom is -0.310 e. The summed E-state index contributed by atoms with van der Waals surface area (Å²) >= 11 is 1.74. The van der Waals surface area contributed by atoms with Crippen molar-refractivity contribution in [3.05, 3.63) is 29.6 Å². The molecule has 1 unspecified atom stereocenters. The summed E-state index contributed by atoms with van der Waals surface area (Å²) < 4.78 is 14.4. The zero-order valence-electron chi connectivity index (χ0n) is 11.9. The fraction of sp³-hybridized carbons (Fsp3) is 0.562. The molecule has 1 aromatic carbocycles. The smallest absolute Gasteiger partial charge is 0.245 e. The maximum atomic E-state index is 14.4. The number of fused-ring (bicyclic) bond motifs is 2. The molecule has 0 radical (unpaired) electrons. The van der Waals surface area contributed by atoms with E-state index in [-0.39, 0.29) is 23.2 Å². The Morgan fingerprint density at radius 1 is 1.38 bits per heavy atom. The van der Waals surface area contributed by atoms with Crippen molar-refractivity contribution in [2.75, 3.05) is 23.1 Å². The van der Waals surface area contributed by atoms with E-state index in [0.29, 0.717) is 6.54 Å². The molecule has 1 amide bonds. The summed E-state index contributed by atoms with van der Waals surface area (Å²) in [6.07, 6.45) is 4.26. The quantitative estimate of drug-likeness (QED) is 0.866. The van der Waals surface area contributed by atoms with Gasteiger partial charge in [-0.15, -0.1) is 11.8 Å². The number of hydrogen-bond donors (Lipinski definition) is 1. The highest BCUT2D eigenvalue weighted by Gasteiger charge is 2.48. The number of anilines is 1. The molecule has 0 bridgehead atoms. The van der Waals surface area contributed by atoms with Gasteiger partial charge in [-0.2, -0.15) is 0 Å². The molecule has 1 N–H and O–H groups in total. The summed E-state index contributed by atoms with van der Waals surface area (Å²) in [4.78, 5) is 14.6. The molecule has 3 nitrogen and oxygen atoms in total. The van der Waals surface area contributed by atoms with E-state index in [4.69, 9.17) is 0 Å². The van der Waals surface area contributed by atoms with Gasteiger partial charge in [0.15, 0.2) is 0 Å². The second kappa shape index (κ2) is 4.99. The first kappa shape index (κ1) is 13.6. The van der Waals surface area contributed by atoms with E-state index in [1.807, 2.05) is 11.0 Å². The van der Waals surface area contributed by atoms with Crippen LogP contribution < -0.4 is 10.2 Å². The number of carbonyl (C=O) groups is 1. The molecule has 21 heavy (non-hydrogen) atoms. The Balaban J connectivity index is 1.75. The Bertz CT molecular complexity index is 580. The maximum Gasteiger partial charge on any atom is 0.245 e. The molecule has 1 aromatic rings. The van der Waals surface area contributed by atoms with Crippen LogP contribution in [0.1, 0.15) is 31.2 Å². The van der Waals surface area contributed by atoms with Gasteiger partial charge in [-0.25, -0.2) is 4.39 Å². The molecule has 2 fully saturated rings. The van der Waals surface area contributed by atoms with Crippen LogP contribution in [0.25, 0.3) is 0 Å². The second-order valence-corrected chi connectivity index (χ2v) is 7.35. The molecule has 1 saturated heterocycles. The molecule has 1 aliphatic carbocycles. The van der Waals surface area contributed by atoms with Gasteiger partial charge >= 0.3 is 0 Å². The predicted octanol–water partition coefficient (Wildman–Crippen LogP) is 2.65. The van der Waals surface area contributed by atoms with Gasteiger partial charge in [-0.3, -0.25) is 10.1 Å². The van der Waals surface area contributed by atoms with Crippen LogP contribution >= 0.6 is 11.8 Å². The van der Waals surface area contributed by atoms with Gasteiger partial charge in [-0.1, -0.05) is 18.9 Å². The van der Waals surface area contributed by atoms with Gasteiger partial charge in [0.2, 0.25) is 5.91 Å². The van der Waals surface area contributed by atoms with Crippen LogP contribution in [0.15, 0.2) is 18.2 Å². The highest BCUT2D eigenvalue weighted by molar-refractivity contribution is 7.99. The summed E-state index contributed by atoms with van der Waals surface area (Å²) in [5, 5.41) is 3.24. The van der Waals surface area contributed by atoms with Gasteiger partial charge in [0, 0.05) is 29.2 Å². The predicted molar refractivity (Wildman–Crippen MR) is 83.1 cm³/mol. The number of hydrogen-bond acceptors (Lipinski definition) is 3. The number of rotatable bonds is 1. The van der Waals surface area contributed by atoms with Crippen molar-refractivity contribution >= 4 is 23.4 Å². The number of nitrogens with one attached hydrogen (secondary N) is 1. The van der Waals surface area contributed by atoms with Crippen LogP contribution in [0.2, 0.25) is 0 Å². The van der Waals surface area contributed by atoms with Crippen LogP contribution in [-0.2, 0) is 10.2 Å². The third-order valence-electron chi connectivity index (χ3n) is 5.11. The summed E-state index contributed by atoms with van der Waals surface area (Å²) in [6.45, 7) is 0.658. The van der Waals surface area contributed by atoms with Crippen molar-refractivity contribution in [1.82, 2.24) is 5.32 Å². The number of nitrogens with zero attached hydrogens (tertiary/aromatic N) is 1. The van der Waals surface area contributed by atoms with Gasteiger partial charge in [-0.05, 0) is 25.0 Å². The van der Waals surface area contributed by atoms with Crippen LogP contribution in [-0.4, -0.2) is 30.1 Å². The van der Waals surface area contributed by atoms with Crippen molar-refractivity contribution in [2.24, 2.45) is 0 Å². The second-order valence-electron chi connectivity index (χ2n) is 6.32. The van der Waals surface area contributed by atoms with E-state index in [2.05, 4.69) is 5.32 Å². The molecule has 2 aliphatic heterocycles. The van der Waals surface area contributed by atoms with Crippen molar-refractivity contribution < 1.29 is 9.18 Å². The first-order chi connectivity index (χ1) is 10.2. The van der Waals surface area contributed by atoms with E-state index >= 15 is 0 Å². The van der Waals surface area contributed by atoms with Crippen molar-refractivity contribution in [3.63, 3.8) is 0 Å². The highest BCUT2D eigenvalue weighted by Crippen LogP contribution is 2.51. The summed E-state index contributed by atoms with van der Waals surface area (Å²) in [6, 6.07) is 5.05. The average molecular weight is 306 g/mol. The lowest BCUT2D eigenvalue weighted by Crippen LogP contribution is -2.46. The molecule has 4 rings (SSSR count). The molecule has 0 aromatic heterocycles. The standard InChI is InChI=1S/C16H19FN2OS/c17-11-4-3-5-13-14(11)16(6-1-2-7-16)9-19(13)15(20)12-8-21-10-18-12/h3-5,12,18H,1-2,6-10H2. The lowest BCUT2D eigenvalue weighted by atomic mass is 9.80. The highest BCUT2D eigenvalue weighted by atomic mass is 32.2. The zero-order chi connectivity index (χ0) is 14.4. The summed E-state index contributed by atoms with van der Waals surface area (Å²) in [5.41, 5.74) is 1.46. The number of benzene rings is 1. The summed E-state index contributed by atoms with van der Waals surface area (Å²) in [5.74, 6) is 1.60. The average Bonchev–Trinajstić information content (AvgIpc) is 3.21. The number of amides is 1. The van der Waals surface area contributed by atoms with Crippen molar-refractivity contribution in [3.8, 4) is 0 Å². The number of carbonyl (C=O) groups excluding carboxylic acids is 1. The number of halogens is 1. The summed E-state index contributed by atoms with van der Waals surface area (Å²) in [7, 11) is 0. The van der Waals surface area contributed by atoms with Crippen molar-refractivity contribution in [1.29, 1.82) is 0 Å². The van der Waals surface area contributed by atoms with E-state index in [9.17, 15) is 9.18 Å². The maximum absolute atomic E-state index is 14.4. The first-order valence-corrected chi connectivity index (χ1v) is 8.78. The molecular weight excluding hydrogens is 287 g/mol. The fourth-order valence-electron chi connectivity index (χ4n) is 4.13. The van der Waals surface area contributed by atoms with Gasteiger partial charge in [0.05, 0.1) is 11.7 Å². The van der Waals surface area contributed by atoms with Gasteiger partial charge in [0.25, 0.3) is 0 Å². The zero-order valence-corrected chi connectivity index (χ0v) is 12.7.